The lowest BCUT2D eigenvalue weighted by atomic mass is 10.0. The molecule has 0 rings (SSSR count). The fourth-order valence-corrected chi connectivity index (χ4v) is 2.09. The number of rotatable bonds is 12. The lowest BCUT2D eigenvalue weighted by molar-refractivity contribution is 0.135. The number of aliphatic hydroxyl groups excluding tert-OH is 2. The molecule has 0 amide bonds. The summed E-state index contributed by atoms with van der Waals surface area (Å²) in [5.41, 5.74) is 0. The van der Waals surface area contributed by atoms with Crippen molar-refractivity contribution < 1.29 is 10.2 Å². The third-order valence-electron chi connectivity index (χ3n) is 3.44. The lowest BCUT2D eigenvalue weighted by Gasteiger charge is -2.11. The first-order chi connectivity index (χ1) is 8.20. The highest BCUT2D eigenvalue weighted by Crippen LogP contribution is 2.13. The summed E-state index contributed by atoms with van der Waals surface area (Å²) in [6, 6.07) is 0. The predicted octanol–water partition coefficient (Wildman–Crippen LogP) is 4.04. The molecule has 0 spiro atoms. The molecule has 0 saturated carbocycles. The van der Waals surface area contributed by atoms with Crippen LogP contribution in [0.5, 0.6) is 0 Å². The molecule has 0 saturated heterocycles. The zero-order chi connectivity index (χ0) is 12.9. The fourth-order valence-electron chi connectivity index (χ4n) is 2.09. The molecule has 0 heterocycles. The van der Waals surface area contributed by atoms with Crippen LogP contribution in [0.25, 0.3) is 0 Å². The van der Waals surface area contributed by atoms with Crippen LogP contribution in [-0.4, -0.2) is 22.4 Å². The number of unbranched alkanes of at least 4 members (excludes halogenated alkanes) is 5. The Labute approximate surface area is 107 Å². The Bertz CT molecular complexity index is 148. The van der Waals surface area contributed by atoms with Crippen molar-refractivity contribution in [1.29, 1.82) is 0 Å². The van der Waals surface area contributed by atoms with Gasteiger partial charge in [-0.05, 0) is 25.7 Å². The average molecular weight is 244 g/mol. The molecule has 0 aliphatic heterocycles. The van der Waals surface area contributed by atoms with E-state index in [9.17, 15) is 10.2 Å². The van der Waals surface area contributed by atoms with Gasteiger partial charge in [-0.3, -0.25) is 0 Å². The van der Waals surface area contributed by atoms with Crippen LogP contribution in [0.4, 0.5) is 0 Å². The Morgan fingerprint density at radius 3 is 1.65 bits per heavy atom. The van der Waals surface area contributed by atoms with Crippen LogP contribution in [0.15, 0.2) is 0 Å². The molecule has 0 fully saturated rings. The zero-order valence-electron chi connectivity index (χ0n) is 11.8. The summed E-state index contributed by atoms with van der Waals surface area (Å²) >= 11 is 0. The van der Waals surface area contributed by atoms with Crippen LogP contribution in [0.1, 0.15) is 84.5 Å². The summed E-state index contributed by atoms with van der Waals surface area (Å²) in [6.45, 7) is 4.23. The highest BCUT2D eigenvalue weighted by molar-refractivity contribution is 4.59. The van der Waals surface area contributed by atoms with E-state index in [0.717, 1.165) is 38.5 Å². The van der Waals surface area contributed by atoms with Gasteiger partial charge in [-0.25, -0.2) is 0 Å². The molecule has 2 unspecified atom stereocenters. The van der Waals surface area contributed by atoms with Gasteiger partial charge in [0.05, 0.1) is 12.2 Å². The van der Waals surface area contributed by atoms with E-state index < -0.39 is 0 Å². The topological polar surface area (TPSA) is 40.5 Å². The first kappa shape index (κ1) is 16.9. The van der Waals surface area contributed by atoms with Crippen LogP contribution >= 0.6 is 0 Å². The van der Waals surface area contributed by atoms with E-state index >= 15 is 0 Å². The Morgan fingerprint density at radius 2 is 1.12 bits per heavy atom. The second-order valence-corrected chi connectivity index (χ2v) is 5.20. The van der Waals surface area contributed by atoms with Gasteiger partial charge in [-0.2, -0.15) is 0 Å². The number of hydrogen-bond donors (Lipinski definition) is 2. The van der Waals surface area contributed by atoms with E-state index in [1.807, 2.05) is 6.92 Å². The molecular weight excluding hydrogens is 212 g/mol. The molecular formula is C15H32O2. The maximum Gasteiger partial charge on any atom is 0.0540 e. The molecule has 2 nitrogen and oxygen atoms in total. The van der Waals surface area contributed by atoms with Crippen molar-refractivity contribution in [2.75, 3.05) is 0 Å². The van der Waals surface area contributed by atoms with Crippen LogP contribution in [0.2, 0.25) is 0 Å². The van der Waals surface area contributed by atoms with Gasteiger partial charge in [-0.15, -0.1) is 0 Å². The van der Waals surface area contributed by atoms with Crippen LogP contribution < -0.4 is 0 Å². The van der Waals surface area contributed by atoms with Crippen molar-refractivity contribution >= 4 is 0 Å². The standard InChI is InChI=1S/C15H32O2/c1-3-5-6-7-8-12-15(17)13-10-9-11-14(16)4-2/h14-17H,3-13H2,1-2H3. The second kappa shape index (κ2) is 12.4. The Kier molecular flexibility index (Phi) is 12.3. The second-order valence-electron chi connectivity index (χ2n) is 5.20. The molecule has 0 radical (unpaired) electrons. The van der Waals surface area contributed by atoms with Gasteiger partial charge in [-0.1, -0.05) is 58.8 Å². The van der Waals surface area contributed by atoms with Crippen LogP contribution in [-0.2, 0) is 0 Å². The summed E-state index contributed by atoms with van der Waals surface area (Å²) in [6.07, 6.45) is 11.8. The maximum absolute atomic E-state index is 9.77. The minimum absolute atomic E-state index is 0.115. The van der Waals surface area contributed by atoms with E-state index in [0.29, 0.717) is 0 Å². The van der Waals surface area contributed by atoms with E-state index in [1.165, 1.54) is 32.1 Å². The highest BCUT2D eigenvalue weighted by atomic mass is 16.3. The summed E-state index contributed by atoms with van der Waals surface area (Å²) < 4.78 is 0. The van der Waals surface area contributed by atoms with Crippen molar-refractivity contribution in [3.63, 3.8) is 0 Å². The lowest BCUT2D eigenvalue weighted by Crippen LogP contribution is -2.08. The maximum atomic E-state index is 9.77. The number of hydrogen-bond acceptors (Lipinski definition) is 2. The Balaban J connectivity index is 3.20. The summed E-state index contributed by atoms with van der Waals surface area (Å²) in [5.74, 6) is 0. The molecule has 2 heteroatoms. The van der Waals surface area contributed by atoms with Crippen molar-refractivity contribution in [2.45, 2.75) is 96.7 Å². The first-order valence-electron chi connectivity index (χ1n) is 7.56. The van der Waals surface area contributed by atoms with Crippen molar-refractivity contribution in [3.8, 4) is 0 Å². The van der Waals surface area contributed by atoms with Crippen molar-refractivity contribution in [2.24, 2.45) is 0 Å². The molecule has 0 aromatic rings. The van der Waals surface area contributed by atoms with Gasteiger partial charge >= 0.3 is 0 Å². The van der Waals surface area contributed by atoms with Crippen molar-refractivity contribution in [1.82, 2.24) is 0 Å². The van der Waals surface area contributed by atoms with Crippen LogP contribution in [0, 0.1) is 0 Å². The monoisotopic (exact) mass is 244 g/mol. The normalized spacial score (nSPS) is 14.8. The molecule has 0 aliphatic carbocycles. The predicted molar refractivity (Wildman–Crippen MR) is 74.1 cm³/mol. The molecule has 0 aromatic heterocycles. The molecule has 2 N–H and O–H groups in total. The molecule has 2 atom stereocenters. The van der Waals surface area contributed by atoms with Gasteiger partial charge < -0.3 is 10.2 Å². The van der Waals surface area contributed by atoms with Gasteiger partial charge in [0, 0.05) is 0 Å². The molecule has 0 bridgehead atoms. The zero-order valence-corrected chi connectivity index (χ0v) is 11.8. The Morgan fingerprint density at radius 1 is 0.647 bits per heavy atom. The van der Waals surface area contributed by atoms with E-state index in [-0.39, 0.29) is 12.2 Å². The summed E-state index contributed by atoms with van der Waals surface area (Å²) in [5, 5.41) is 19.2. The van der Waals surface area contributed by atoms with E-state index in [1.54, 1.807) is 0 Å². The van der Waals surface area contributed by atoms with Gasteiger partial charge in [0.2, 0.25) is 0 Å². The minimum Gasteiger partial charge on any atom is -0.393 e. The molecule has 0 aromatic carbocycles. The quantitative estimate of drug-likeness (QED) is 0.509. The highest BCUT2D eigenvalue weighted by Gasteiger charge is 2.05. The molecule has 104 valence electrons. The summed E-state index contributed by atoms with van der Waals surface area (Å²) in [7, 11) is 0. The average Bonchev–Trinajstić information content (AvgIpc) is 2.34. The first-order valence-corrected chi connectivity index (χ1v) is 7.56. The number of aliphatic hydroxyl groups is 2. The van der Waals surface area contributed by atoms with E-state index in [2.05, 4.69) is 6.92 Å². The van der Waals surface area contributed by atoms with Gasteiger partial charge in [0.15, 0.2) is 0 Å². The smallest absolute Gasteiger partial charge is 0.0540 e. The Hall–Kier alpha value is -0.0800. The van der Waals surface area contributed by atoms with Gasteiger partial charge in [0.25, 0.3) is 0 Å². The van der Waals surface area contributed by atoms with Crippen molar-refractivity contribution in [3.05, 3.63) is 0 Å². The molecule has 17 heavy (non-hydrogen) atoms. The van der Waals surface area contributed by atoms with Crippen LogP contribution in [0.3, 0.4) is 0 Å². The van der Waals surface area contributed by atoms with E-state index in [4.69, 9.17) is 0 Å². The largest absolute Gasteiger partial charge is 0.393 e. The third kappa shape index (κ3) is 12.2. The SMILES string of the molecule is CCCCCCCC(O)CCCCC(O)CC. The van der Waals surface area contributed by atoms with Gasteiger partial charge in [0.1, 0.15) is 0 Å². The molecule has 0 aliphatic rings. The third-order valence-corrected chi connectivity index (χ3v) is 3.44. The fraction of sp³-hybridized carbons (Fsp3) is 1.00. The summed E-state index contributed by atoms with van der Waals surface area (Å²) in [4.78, 5) is 0. The minimum atomic E-state index is -0.138.